The van der Waals surface area contributed by atoms with E-state index < -0.39 is 36.5 Å². The van der Waals surface area contributed by atoms with Crippen LogP contribution in [0.5, 0.6) is 0 Å². The van der Waals surface area contributed by atoms with E-state index in [2.05, 4.69) is 4.74 Å². The zero-order valence-corrected chi connectivity index (χ0v) is 12.5. The molecule has 1 rings (SSSR count). The number of benzene rings is 1. The molecule has 0 spiro atoms. The van der Waals surface area contributed by atoms with Crippen molar-refractivity contribution < 1.29 is 44.3 Å². The van der Waals surface area contributed by atoms with Crippen LogP contribution >= 0.6 is 11.6 Å². The minimum absolute atomic E-state index is 0.146. The molecule has 0 saturated heterocycles. The number of hydrogen-bond acceptors (Lipinski definition) is 1. The summed E-state index contributed by atoms with van der Waals surface area (Å²) in [4.78, 5) is 0. The van der Waals surface area contributed by atoms with Crippen LogP contribution in [0.3, 0.4) is 0 Å². The molecule has 0 aliphatic heterocycles. The maximum absolute atomic E-state index is 13.6. The lowest BCUT2D eigenvalue weighted by Crippen LogP contribution is -2.61. The maximum atomic E-state index is 13.6. The first-order valence-corrected chi connectivity index (χ1v) is 6.53. The van der Waals surface area contributed by atoms with Gasteiger partial charge in [-0.3, -0.25) is 0 Å². The van der Waals surface area contributed by atoms with Crippen molar-refractivity contribution >= 4 is 11.6 Å². The topological polar surface area (TPSA) is 9.23 Å². The second kappa shape index (κ2) is 6.62. The van der Waals surface area contributed by atoms with Crippen LogP contribution in [-0.4, -0.2) is 31.1 Å². The van der Waals surface area contributed by atoms with Crippen LogP contribution in [0.4, 0.5) is 39.5 Å². The van der Waals surface area contributed by atoms with E-state index in [1.54, 1.807) is 0 Å². The fourth-order valence-electron chi connectivity index (χ4n) is 1.78. The minimum atomic E-state index is -6.91. The third-order valence-electron chi connectivity index (χ3n) is 3.18. The highest BCUT2D eigenvalue weighted by molar-refractivity contribution is 6.30. The number of halogens is 10. The number of ether oxygens (including phenoxy) is 1. The summed E-state index contributed by atoms with van der Waals surface area (Å²) in [6.45, 7) is 0. The quantitative estimate of drug-likeness (QED) is 0.552. The predicted octanol–water partition coefficient (Wildman–Crippen LogP) is 5.89. The molecule has 0 aliphatic rings. The highest BCUT2D eigenvalue weighted by atomic mass is 35.5. The molecule has 0 bridgehead atoms. The van der Waals surface area contributed by atoms with Crippen molar-refractivity contribution in [2.45, 2.75) is 36.5 Å². The lowest BCUT2D eigenvalue weighted by Gasteiger charge is -2.35. The monoisotopic (exact) mass is 388 g/mol. The van der Waals surface area contributed by atoms with Gasteiger partial charge in [0, 0.05) is 18.6 Å². The van der Waals surface area contributed by atoms with Crippen molar-refractivity contribution in [1.82, 2.24) is 0 Å². The van der Waals surface area contributed by atoms with Gasteiger partial charge in [0.25, 0.3) is 0 Å². The second-order valence-corrected chi connectivity index (χ2v) is 5.27. The van der Waals surface area contributed by atoms with E-state index in [0.717, 1.165) is 19.2 Å². The van der Waals surface area contributed by atoms with Gasteiger partial charge < -0.3 is 4.74 Å². The van der Waals surface area contributed by atoms with Crippen molar-refractivity contribution in [3.05, 3.63) is 34.9 Å². The zero-order chi connectivity index (χ0) is 19.0. The molecule has 0 amide bonds. The van der Waals surface area contributed by atoms with Crippen molar-refractivity contribution in [3.63, 3.8) is 0 Å². The zero-order valence-electron chi connectivity index (χ0n) is 11.8. The second-order valence-electron chi connectivity index (χ2n) is 4.83. The third kappa shape index (κ3) is 3.74. The lowest BCUT2D eigenvalue weighted by molar-refractivity contribution is -0.398. The van der Waals surface area contributed by atoms with E-state index in [9.17, 15) is 39.5 Å². The fourth-order valence-corrected chi connectivity index (χ4v) is 1.91. The smallest absolute Gasteiger partial charge is 0.377 e. The first kappa shape index (κ1) is 20.9. The van der Waals surface area contributed by atoms with Gasteiger partial charge in [-0.05, 0) is 17.7 Å². The van der Waals surface area contributed by atoms with Crippen LogP contribution in [-0.2, 0) is 4.74 Å². The summed E-state index contributed by atoms with van der Waals surface area (Å²) in [6, 6.07) is 4.55. The molecule has 1 atom stereocenters. The van der Waals surface area contributed by atoms with Crippen molar-refractivity contribution in [2.24, 2.45) is 0 Å². The predicted molar refractivity (Wildman–Crippen MR) is 66.7 cm³/mol. The van der Waals surface area contributed by atoms with Gasteiger partial charge in [0.2, 0.25) is 0 Å². The fraction of sp³-hybridized carbons (Fsp3) is 0.538. The van der Waals surface area contributed by atoms with Gasteiger partial charge in [0.05, 0.1) is 6.10 Å². The molecule has 1 nitrogen and oxygen atoms in total. The highest BCUT2D eigenvalue weighted by Crippen LogP contribution is 2.55. The molecule has 0 fully saturated rings. The Kier molecular flexibility index (Phi) is 5.76. The number of methoxy groups -OCH3 is 1. The van der Waals surface area contributed by atoms with Crippen LogP contribution in [0, 0.1) is 0 Å². The van der Waals surface area contributed by atoms with E-state index in [1.165, 1.54) is 12.1 Å². The Balaban J connectivity index is 3.15. The first-order chi connectivity index (χ1) is 10.7. The lowest BCUT2D eigenvalue weighted by atomic mass is 9.95. The molecular formula is C13H10ClF9O. The van der Waals surface area contributed by atoms with Gasteiger partial charge in [0.1, 0.15) is 0 Å². The van der Waals surface area contributed by atoms with E-state index in [4.69, 9.17) is 11.6 Å². The molecule has 24 heavy (non-hydrogen) atoms. The van der Waals surface area contributed by atoms with Crippen LogP contribution in [0.1, 0.15) is 18.1 Å². The van der Waals surface area contributed by atoms with Gasteiger partial charge in [-0.1, -0.05) is 23.7 Å². The molecule has 11 heteroatoms. The summed E-state index contributed by atoms with van der Waals surface area (Å²) in [7, 11) is 0.815. The van der Waals surface area contributed by atoms with E-state index >= 15 is 0 Å². The summed E-state index contributed by atoms with van der Waals surface area (Å²) in [5.74, 6) is -19.3. The molecule has 138 valence electrons. The molecule has 0 aromatic heterocycles. The van der Waals surface area contributed by atoms with Crippen LogP contribution in [0.2, 0.25) is 5.02 Å². The Morgan fingerprint density at radius 1 is 0.875 bits per heavy atom. The Hall–Kier alpha value is -1.16. The molecule has 0 N–H and O–H groups in total. The molecule has 1 aromatic carbocycles. The van der Waals surface area contributed by atoms with Crippen LogP contribution in [0.25, 0.3) is 0 Å². The van der Waals surface area contributed by atoms with Gasteiger partial charge in [-0.15, -0.1) is 0 Å². The first-order valence-electron chi connectivity index (χ1n) is 6.16. The normalized spacial score (nSPS) is 15.5. The van der Waals surface area contributed by atoms with E-state index in [1.807, 2.05) is 0 Å². The SMILES string of the molecule is COC(CC(F)(F)C(F)(F)C(F)(F)C(F)(F)F)c1ccc(Cl)cc1. The van der Waals surface area contributed by atoms with Crippen molar-refractivity contribution in [3.8, 4) is 0 Å². The number of hydrogen-bond donors (Lipinski definition) is 0. The molecule has 0 heterocycles. The Bertz CT molecular complexity index is 554. The van der Waals surface area contributed by atoms with Crippen molar-refractivity contribution in [1.29, 1.82) is 0 Å². The Morgan fingerprint density at radius 2 is 1.33 bits per heavy atom. The third-order valence-corrected chi connectivity index (χ3v) is 3.43. The van der Waals surface area contributed by atoms with Crippen LogP contribution < -0.4 is 0 Å². The average Bonchev–Trinajstić information content (AvgIpc) is 2.44. The average molecular weight is 389 g/mol. The summed E-state index contributed by atoms with van der Waals surface area (Å²) in [5.41, 5.74) is -0.146. The summed E-state index contributed by atoms with van der Waals surface area (Å²) < 4.78 is 120. The standard InChI is InChI=1S/C13H10ClF9O/c1-24-9(7-2-4-8(14)5-3-7)6-10(15,16)11(17,18)12(19,20)13(21,22)23/h2-5,9H,6H2,1H3. The van der Waals surface area contributed by atoms with E-state index in [-0.39, 0.29) is 10.6 Å². The van der Waals surface area contributed by atoms with Crippen molar-refractivity contribution in [2.75, 3.05) is 7.11 Å². The summed E-state index contributed by atoms with van der Waals surface area (Å²) >= 11 is 5.54. The van der Waals surface area contributed by atoms with Crippen LogP contribution in [0.15, 0.2) is 24.3 Å². The minimum Gasteiger partial charge on any atom is -0.377 e. The number of alkyl halides is 9. The Morgan fingerprint density at radius 3 is 1.71 bits per heavy atom. The molecule has 1 unspecified atom stereocenters. The molecular weight excluding hydrogens is 379 g/mol. The van der Waals surface area contributed by atoms with Gasteiger partial charge in [0.15, 0.2) is 0 Å². The maximum Gasteiger partial charge on any atom is 0.460 e. The number of rotatable bonds is 6. The van der Waals surface area contributed by atoms with Gasteiger partial charge in [-0.2, -0.15) is 39.5 Å². The summed E-state index contributed by atoms with van der Waals surface area (Å²) in [5, 5.41) is 0.161. The summed E-state index contributed by atoms with van der Waals surface area (Å²) in [6.07, 6.45) is -10.8. The van der Waals surface area contributed by atoms with Gasteiger partial charge >= 0.3 is 23.9 Å². The molecule has 0 radical (unpaired) electrons. The highest BCUT2D eigenvalue weighted by Gasteiger charge is 2.81. The molecule has 0 saturated carbocycles. The Labute approximate surface area is 135 Å². The van der Waals surface area contributed by atoms with Gasteiger partial charge in [-0.25, -0.2) is 0 Å². The molecule has 0 aliphatic carbocycles. The largest absolute Gasteiger partial charge is 0.460 e. The van der Waals surface area contributed by atoms with E-state index in [0.29, 0.717) is 0 Å². The molecule has 1 aromatic rings.